The molecule has 112 valence electrons. The summed E-state index contributed by atoms with van der Waals surface area (Å²) in [5.74, 6) is -0.0893. The molecule has 0 unspecified atom stereocenters. The van der Waals surface area contributed by atoms with Gasteiger partial charge in [-0.3, -0.25) is 4.79 Å². The number of amides is 1. The molecule has 1 heterocycles. The fourth-order valence-electron chi connectivity index (χ4n) is 2.04. The van der Waals surface area contributed by atoms with Crippen molar-refractivity contribution in [3.63, 3.8) is 0 Å². The number of hydrogen-bond donors (Lipinski definition) is 2. The molecule has 2 rings (SSSR count). The summed E-state index contributed by atoms with van der Waals surface area (Å²) in [6.45, 7) is 5.70. The van der Waals surface area contributed by atoms with E-state index in [1.54, 1.807) is 18.3 Å². The molecule has 0 fully saturated rings. The zero-order valence-electron chi connectivity index (χ0n) is 12.5. The fourth-order valence-corrected chi connectivity index (χ4v) is 3.00. The fraction of sp³-hybridized carbons (Fsp3) is 0.375. The van der Waals surface area contributed by atoms with Gasteiger partial charge in [0.1, 0.15) is 0 Å². The predicted octanol–water partition coefficient (Wildman–Crippen LogP) is 2.47. The van der Waals surface area contributed by atoms with Crippen LogP contribution in [0.25, 0.3) is 11.3 Å². The Kier molecular flexibility index (Phi) is 5.09. The SMILES string of the molecule is Cc1ccc(-c2nc(C)sc2CC(=O)N[C@H](C)CO)cc1. The first-order valence-electron chi connectivity index (χ1n) is 6.93. The van der Waals surface area contributed by atoms with E-state index >= 15 is 0 Å². The van der Waals surface area contributed by atoms with Crippen molar-refractivity contribution in [1.82, 2.24) is 10.3 Å². The first-order valence-corrected chi connectivity index (χ1v) is 7.75. The Bertz CT molecular complexity index is 620. The quantitative estimate of drug-likeness (QED) is 0.892. The number of aliphatic hydroxyl groups excluding tert-OH is 1. The topological polar surface area (TPSA) is 62.2 Å². The minimum Gasteiger partial charge on any atom is -0.394 e. The van der Waals surface area contributed by atoms with E-state index < -0.39 is 0 Å². The van der Waals surface area contributed by atoms with Crippen molar-refractivity contribution in [2.75, 3.05) is 6.61 Å². The van der Waals surface area contributed by atoms with Gasteiger partial charge in [0.15, 0.2) is 0 Å². The van der Waals surface area contributed by atoms with Gasteiger partial charge in [-0.1, -0.05) is 29.8 Å². The second-order valence-corrected chi connectivity index (χ2v) is 6.49. The molecule has 0 aliphatic heterocycles. The van der Waals surface area contributed by atoms with Crippen LogP contribution in [0, 0.1) is 13.8 Å². The van der Waals surface area contributed by atoms with Gasteiger partial charge >= 0.3 is 0 Å². The van der Waals surface area contributed by atoms with E-state index in [1.165, 1.54) is 5.56 Å². The molecule has 0 radical (unpaired) electrons. The van der Waals surface area contributed by atoms with E-state index in [9.17, 15) is 4.79 Å². The van der Waals surface area contributed by atoms with E-state index in [0.29, 0.717) is 6.42 Å². The summed E-state index contributed by atoms with van der Waals surface area (Å²) in [7, 11) is 0. The smallest absolute Gasteiger partial charge is 0.225 e. The molecule has 0 aliphatic rings. The molecule has 4 nitrogen and oxygen atoms in total. The Morgan fingerprint density at radius 3 is 2.62 bits per heavy atom. The first-order chi connectivity index (χ1) is 9.99. The third-order valence-corrected chi connectivity index (χ3v) is 4.10. The molecule has 0 saturated carbocycles. The van der Waals surface area contributed by atoms with Crippen molar-refractivity contribution in [2.45, 2.75) is 33.2 Å². The highest BCUT2D eigenvalue weighted by Gasteiger charge is 2.15. The molecule has 1 aromatic carbocycles. The maximum atomic E-state index is 12.0. The number of aryl methyl sites for hydroxylation is 2. The average molecular weight is 304 g/mol. The number of carbonyl (C=O) groups is 1. The maximum absolute atomic E-state index is 12.0. The Morgan fingerprint density at radius 1 is 1.33 bits per heavy atom. The summed E-state index contributed by atoms with van der Waals surface area (Å²) >= 11 is 1.54. The molecule has 0 spiro atoms. The van der Waals surface area contributed by atoms with E-state index in [-0.39, 0.29) is 18.6 Å². The minimum atomic E-state index is -0.227. The Morgan fingerprint density at radius 2 is 2.00 bits per heavy atom. The highest BCUT2D eigenvalue weighted by atomic mass is 32.1. The normalized spacial score (nSPS) is 12.2. The lowest BCUT2D eigenvalue weighted by atomic mass is 10.1. The van der Waals surface area contributed by atoms with Gasteiger partial charge in [-0.05, 0) is 20.8 Å². The van der Waals surface area contributed by atoms with Crippen LogP contribution < -0.4 is 5.32 Å². The average Bonchev–Trinajstić information content (AvgIpc) is 2.80. The van der Waals surface area contributed by atoms with Gasteiger partial charge in [0.05, 0.1) is 23.7 Å². The van der Waals surface area contributed by atoms with Gasteiger partial charge in [0, 0.05) is 16.5 Å². The molecular weight excluding hydrogens is 284 g/mol. The highest BCUT2D eigenvalue weighted by molar-refractivity contribution is 7.12. The molecule has 2 N–H and O–H groups in total. The molecule has 21 heavy (non-hydrogen) atoms. The van der Waals surface area contributed by atoms with Crippen LogP contribution in [-0.4, -0.2) is 28.6 Å². The zero-order chi connectivity index (χ0) is 15.4. The Balaban J connectivity index is 2.21. The van der Waals surface area contributed by atoms with Crippen LogP contribution in [0.4, 0.5) is 0 Å². The minimum absolute atomic E-state index is 0.0573. The van der Waals surface area contributed by atoms with Gasteiger partial charge in [-0.25, -0.2) is 4.98 Å². The number of nitrogens with one attached hydrogen (secondary N) is 1. The van der Waals surface area contributed by atoms with Crippen LogP contribution in [0.5, 0.6) is 0 Å². The van der Waals surface area contributed by atoms with Gasteiger partial charge in [0.2, 0.25) is 5.91 Å². The van der Waals surface area contributed by atoms with Gasteiger partial charge < -0.3 is 10.4 Å². The number of thiazole rings is 1. The Hall–Kier alpha value is -1.72. The number of hydrogen-bond acceptors (Lipinski definition) is 4. The second-order valence-electron chi connectivity index (χ2n) is 5.20. The highest BCUT2D eigenvalue weighted by Crippen LogP contribution is 2.28. The predicted molar refractivity (Wildman–Crippen MR) is 85.4 cm³/mol. The standard InChI is InChI=1S/C16H20N2O2S/c1-10-4-6-13(7-5-10)16-14(21-12(3)18-16)8-15(20)17-11(2)9-19/h4-7,11,19H,8-9H2,1-3H3,(H,17,20)/t11-/m1/s1. The van der Waals surface area contributed by atoms with E-state index in [1.807, 2.05) is 38.1 Å². The van der Waals surface area contributed by atoms with Crippen LogP contribution in [0.2, 0.25) is 0 Å². The second kappa shape index (κ2) is 6.83. The maximum Gasteiger partial charge on any atom is 0.225 e. The third kappa shape index (κ3) is 4.12. The molecule has 1 atom stereocenters. The summed E-state index contributed by atoms with van der Waals surface area (Å²) in [6, 6.07) is 7.92. The van der Waals surface area contributed by atoms with Crippen LogP contribution in [0.3, 0.4) is 0 Å². The molecule has 0 bridgehead atoms. The largest absolute Gasteiger partial charge is 0.394 e. The van der Waals surface area contributed by atoms with Gasteiger partial charge in [-0.2, -0.15) is 0 Å². The van der Waals surface area contributed by atoms with Gasteiger partial charge in [-0.15, -0.1) is 11.3 Å². The van der Waals surface area contributed by atoms with Crippen molar-refractivity contribution in [2.24, 2.45) is 0 Å². The molecule has 5 heteroatoms. The lowest BCUT2D eigenvalue weighted by Gasteiger charge is -2.10. The van der Waals surface area contributed by atoms with Crippen LogP contribution in [0.1, 0.15) is 22.4 Å². The number of rotatable bonds is 5. The number of carbonyl (C=O) groups excluding carboxylic acids is 1. The summed E-state index contributed by atoms with van der Waals surface area (Å²) < 4.78 is 0. The zero-order valence-corrected chi connectivity index (χ0v) is 13.3. The molecular formula is C16H20N2O2S. The van der Waals surface area contributed by atoms with E-state index in [4.69, 9.17) is 5.11 Å². The monoisotopic (exact) mass is 304 g/mol. The summed E-state index contributed by atoms with van der Waals surface area (Å²) in [5, 5.41) is 12.7. The number of aromatic nitrogens is 1. The lowest BCUT2D eigenvalue weighted by Crippen LogP contribution is -2.35. The third-order valence-electron chi connectivity index (χ3n) is 3.13. The number of nitrogens with zero attached hydrogens (tertiary/aromatic N) is 1. The van der Waals surface area contributed by atoms with E-state index in [2.05, 4.69) is 10.3 Å². The summed E-state index contributed by atoms with van der Waals surface area (Å²) in [4.78, 5) is 17.5. The lowest BCUT2D eigenvalue weighted by molar-refractivity contribution is -0.121. The van der Waals surface area contributed by atoms with E-state index in [0.717, 1.165) is 21.1 Å². The molecule has 1 aromatic heterocycles. The van der Waals surface area contributed by atoms with Crippen molar-refractivity contribution in [3.05, 3.63) is 39.7 Å². The van der Waals surface area contributed by atoms with Crippen molar-refractivity contribution >= 4 is 17.2 Å². The van der Waals surface area contributed by atoms with Gasteiger partial charge in [0.25, 0.3) is 0 Å². The van der Waals surface area contributed by atoms with Crippen LogP contribution in [0.15, 0.2) is 24.3 Å². The van der Waals surface area contributed by atoms with Crippen molar-refractivity contribution in [3.8, 4) is 11.3 Å². The molecule has 0 aliphatic carbocycles. The molecule has 2 aromatic rings. The molecule has 0 saturated heterocycles. The summed E-state index contributed by atoms with van der Waals surface area (Å²) in [5.41, 5.74) is 3.11. The Labute approximate surface area is 128 Å². The van der Waals surface area contributed by atoms with Crippen molar-refractivity contribution < 1.29 is 9.90 Å². The van der Waals surface area contributed by atoms with Crippen molar-refractivity contribution in [1.29, 1.82) is 0 Å². The first kappa shape index (κ1) is 15.7. The number of benzene rings is 1. The van der Waals surface area contributed by atoms with Crippen LogP contribution in [-0.2, 0) is 11.2 Å². The summed E-state index contributed by atoms with van der Waals surface area (Å²) in [6.07, 6.45) is 0.291. The van der Waals surface area contributed by atoms with Crippen LogP contribution >= 0.6 is 11.3 Å². The number of aliphatic hydroxyl groups is 1. The molecule has 1 amide bonds.